The molecule has 0 unspecified atom stereocenters. The van der Waals surface area contributed by atoms with Crippen molar-refractivity contribution in [2.24, 2.45) is 0 Å². The molecule has 7 aromatic rings. The molecule has 0 saturated heterocycles. The number of furan rings is 1. The number of hydrogen-bond donors (Lipinski definition) is 0. The maximum Gasteiger partial charge on any atom is 0 e. The zero-order valence-electron chi connectivity index (χ0n) is 27.2. The van der Waals surface area contributed by atoms with E-state index < -0.39 is 13.3 Å². The SMILES string of the molecule is Cc1ccccc1-c1ccc2c(c1)oc1c(-c3cc(C(C)C)ccn3)[c-]ccc12.[CH3][Ge]([CH3])([CH3])[c]1ccc(-c2[c-]cccc2)nc1.[Ir]. The molecule has 0 aliphatic carbocycles. The van der Waals surface area contributed by atoms with Crippen molar-refractivity contribution in [1.82, 2.24) is 9.97 Å². The van der Waals surface area contributed by atoms with E-state index in [1.807, 2.05) is 42.7 Å². The van der Waals surface area contributed by atoms with Crippen LogP contribution < -0.4 is 4.40 Å². The second kappa shape index (κ2) is 14.3. The summed E-state index contributed by atoms with van der Waals surface area (Å²) in [6.45, 7) is 6.52. The van der Waals surface area contributed by atoms with Gasteiger partial charge in [0.15, 0.2) is 0 Å². The number of pyridine rings is 2. The Bertz CT molecular complexity index is 2080. The largest absolute Gasteiger partial charge is 0 e. The Morgan fingerprint density at radius 1 is 0.739 bits per heavy atom. The predicted molar refractivity (Wildman–Crippen MR) is 192 cm³/mol. The van der Waals surface area contributed by atoms with E-state index in [1.165, 1.54) is 26.6 Å². The maximum absolute atomic E-state index is 6.37. The molecule has 4 aromatic carbocycles. The van der Waals surface area contributed by atoms with Gasteiger partial charge in [-0.15, -0.1) is 18.2 Å². The average molecular weight is 840 g/mol. The fourth-order valence-electron chi connectivity index (χ4n) is 5.49. The van der Waals surface area contributed by atoms with E-state index in [-0.39, 0.29) is 20.1 Å². The number of benzene rings is 4. The molecular weight excluding hydrogens is 801 g/mol. The predicted octanol–water partition coefficient (Wildman–Crippen LogP) is 10.6. The summed E-state index contributed by atoms with van der Waals surface area (Å²) >= 11 is -1.72. The minimum atomic E-state index is -1.72. The molecule has 3 nitrogen and oxygen atoms in total. The van der Waals surface area contributed by atoms with E-state index in [2.05, 4.69) is 133 Å². The molecular formula is C41H38GeIrN2O-2. The Balaban J connectivity index is 0.000000209. The zero-order valence-corrected chi connectivity index (χ0v) is 31.7. The van der Waals surface area contributed by atoms with E-state index in [4.69, 9.17) is 4.42 Å². The van der Waals surface area contributed by atoms with Crippen molar-refractivity contribution in [2.75, 3.05) is 0 Å². The third-order valence-corrected chi connectivity index (χ3v) is 12.5. The fourth-order valence-corrected chi connectivity index (χ4v) is 7.66. The summed E-state index contributed by atoms with van der Waals surface area (Å²) < 4.78 is 7.81. The van der Waals surface area contributed by atoms with E-state index in [0.717, 1.165) is 44.5 Å². The van der Waals surface area contributed by atoms with Gasteiger partial charge in [-0.25, -0.2) is 0 Å². The summed E-state index contributed by atoms with van der Waals surface area (Å²) in [7, 11) is 0. The van der Waals surface area contributed by atoms with Gasteiger partial charge >= 0.3 is 99.8 Å². The monoisotopic (exact) mass is 841 g/mol. The normalized spacial score (nSPS) is 11.3. The van der Waals surface area contributed by atoms with Gasteiger partial charge in [0, 0.05) is 31.7 Å². The Morgan fingerprint density at radius 3 is 2.24 bits per heavy atom. The molecule has 0 N–H and O–H groups in total. The van der Waals surface area contributed by atoms with Crippen LogP contribution in [0, 0.1) is 19.1 Å². The molecule has 46 heavy (non-hydrogen) atoms. The summed E-state index contributed by atoms with van der Waals surface area (Å²) in [4.78, 5) is 9.13. The van der Waals surface area contributed by atoms with Crippen LogP contribution in [0.25, 0.3) is 55.6 Å². The van der Waals surface area contributed by atoms with Gasteiger partial charge in [-0.05, 0) is 47.4 Å². The van der Waals surface area contributed by atoms with Crippen LogP contribution in [0.1, 0.15) is 30.9 Å². The minimum absolute atomic E-state index is 0. The van der Waals surface area contributed by atoms with Crippen molar-refractivity contribution in [3.05, 3.63) is 139 Å². The topological polar surface area (TPSA) is 38.9 Å². The molecule has 0 fully saturated rings. The van der Waals surface area contributed by atoms with Crippen LogP contribution in [0.15, 0.2) is 120 Å². The van der Waals surface area contributed by atoms with E-state index in [9.17, 15) is 0 Å². The van der Waals surface area contributed by atoms with E-state index >= 15 is 0 Å². The van der Waals surface area contributed by atoms with Crippen LogP contribution in [-0.4, -0.2) is 23.2 Å². The van der Waals surface area contributed by atoms with E-state index in [0.29, 0.717) is 5.92 Å². The molecule has 0 spiro atoms. The Labute approximate surface area is 288 Å². The molecule has 3 heterocycles. The van der Waals surface area contributed by atoms with Crippen LogP contribution in [0.2, 0.25) is 17.3 Å². The zero-order chi connectivity index (χ0) is 31.6. The van der Waals surface area contributed by atoms with Gasteiger partial charge in [-0.1, -0.05) is 72.8 Å². The van der Waals surface area contributed by atoms with Crippen LogP contribution in [0.3, 0.4) is 0 Å². The number of rotatable bonds is 5. The van der Waals surface area contributed by atoms with Crippen molar-refractivity contribution >= 4 is 39.6 Å². The summed E-state index contributed by atoms with van der Waals surface area (Å²) in [6, 6.07) is 42.0. The molecule has 0 bridgehead atoms. The Morgan fingerprint density at radius 2 is 1.54 bits per heavy atom. The second-order valence-corrected chi connectivity index (χ2v) is 23.5. The van der Waals surface area contributed by atoms with Crippen LogP contribution in [0.4, 0.5) is 0 Å². The molecule has 3 aromatic heterocycles. The number of hydrogen-bond acceptors (Lipinski definition) is 3. The summed E-state index contributed by atoms with van der Waals surface area (Å²) in [5.41, 5.74) is 10.5. The van der Waals surface area contributed by atoms with Crippen LogP contribution in [-0.2, 0) is 20.1 Å². The molecule has 0 saturated carbocycles. The number of aryl methyl sites for hydroxylation is 1. The van der Waals surface area contributed by atoms with Crippen molar-refractivity contribution in [2.45, 2.75) is 44.0 Å². The minimum Gasteiger partial charge on any atom is 0 e. The third-order valence-electron chi connectivity index (χ3n) is 8.21. The average Bonchev–Trinajstić information content (AvgIpc) is 3.43. The molecule has 1 radical (unpaired) electrons. The smallest absolute Gasteiger partial charge is 0 e. The molecule has 0 amide bonds. The number of nitrogens with zero attached hydrogens (tertiary/aromatic N) is 2. The van der Waals surface area contributed by atoms with Gasteiger partial charge in [-0.2, -0.15) is 0 Å². The van der Waals surface area contributed by atoms with Crippen molar-refractivity contribution in [3.8, 4) is 33.6 Å². The van der Waals surface area contributed by atoms with Crippen LogP contribution >= 0.6 is 0 Å². The van der Waals surface area contributed by atoms with Gasteiger partial charge in [0.1, 0.15) is 5.58 Å². The molecule has 233 valence electrons. The molecule has 0 aliphatic rings. The Hall–Kier alpha value is -3.83. The van der Waals surface area contributed by atoms with Crippen molar-refractivity contribution in [3.63, 3.8) is 0 Å². The van der Waals surface area contributed by atoms with Crippen molar-refractivity contribution in [1.29, 1.82) is 0 Å². The van der Waals surface area contributed by atoms with Crippen LogP contribution in [0.5, 0.6) is 0 Å². The molecule has 7 rings (SSSR count). The van der Waals surface area contributed by atoms with Gasteiger partial charge < -0.3 is 9.40 Å². The van der Waals surface area contributed by atoms with Gasteiger partial charge in [-0.3, -0.25) is 0 Å². The first-order valence-corrected chi connectivity index (χ1v) is 22.9. The number of fused-ring (bicyclic) bond motifs is 3. The maximum atomic E-state index is 6.37. The number of aromatic nitrogens is 2. The molecule has 5 heteroatoms. The van der Waals surface area contributed by atoms with Gasteiger partial charge in [0.25, 0.3) is 0 Å². The Kier molecular flexibility index (Phi) is 10.4. The van der Waals surface area contributed by atoms with Crippen molar-refractivity contribution < 1.29 is 24.5 Å². The third kappa shape index (κ3) is 7.26. The summed E-state index contributed by atoms with van der Waals surface area (Å²) in [5, 5.41) is 2.22. The quantitative estimate of drug-likeness (QED) is 0.128. The fraction of sp³-hybridized carbons (Fsp3) is 0.171. The molecule has 0 atom stereocenters. The summed E-state index contributed by atoms with van der Waals surface area (Å²) in [5.74, 6) is 7.59. The second-order valence-electron chi connectivity index (χ2n) is 12.8. The first kappa shape index (κ1) is 33.5. The standard InChI is InChI=1S/C27H22NO.C14H16GeN.Ir/c1-17(2)19-13-14-28-25(15-19)24-10-6-9-23-22-12-11-20(16-26(22)29-27(23)24)21-8-5-4-7-18(21)3;1-15(2,3)13-9-10-14(16-11-13)12-7-5-4-6-8-12;/h4-9,11-17H,1-3H3;4-7,9-11H,1-3H3;/q2*-1;. The van der Waals surface area contributed by atoms with Gasteiger partial charge in [0.05, 0.1) is 5.58 Å². The first-order valence-electron chi connectivity index (χ1n) is 15.5. The molecule has 0 aliphatic heterocycles. The summed E-state index contributed by atoms with van der Waals surface area (Å²) in [6.07, 6.45) is 3.91. The van der Waals surface area contributed by atoms with E-state index in [1.54, 1.807) is 0 Å². The van der Waals surface area contributed by atoms with Gasteiger partial charge in [0.2, 0.25) is 0 Å². The first-order chi connectivity index (χ1) is 21.7.